The van der Waals surface area contributed by atoms with Crippen molar-refractivity contribution < 1.29 is 19.1 Å². The van der Waals surface area contributed by atoms with Crippen LogP contribution in [0.3, 0.4) is 0 Å². The number of rotatable bonds is 10. The maximum absolute atomic E-state index is 14.9. The van der Waals surface area contributed by atoms with Gasteiger partial charge in [0.2, 0.25) is 3.79 Å². The van der Waals surface area contributed by atoms with Gasteiger partial charge in [-0.05, 0) is 92.8 Å². The summed E-state index contributed by atoms with van der Waals surface area (Å²) in [7, 11) is 0. The highest BCUT2D eigenvalue weighted by Crippen LogP contribution is 2.43. The Bertz CT molecular complexity index is 1750. The van der Waals surface area contributed by atoms with Crippen molar-refractivity contribution in [3.8, 4) is 5.75 Å². The van der Waals surface area contributed by atoms with Crippen LogP contribution in [0.15, 0.2) is 72.3 Å². The number of ether oxygens (including phenoxy) is 2. The zero-order valence-electron chi connectivity index (χ0n) is 29.4. The number of halogens is 3. The molecule has 266 valence electrons. The summed E-state index contributed by atoms with van der Waals surface area (Å²) in [4.78, 5) is 32.5. The highest BCUT2D eigenvalue weighted by Gasteiger charge is 2.50. The predicted molar refractivity (Wildman–Crippen MR) is 201 cm³/mol. The van der Waals surface area contributed by atoms with E-state index in [1.165, 1.54) is 11.1 Å². The van der Waals surface area contributed by atoms with Gasteiger partial charge in [0.05, 0.1) is 18.7 Å². The zero-order valence-corrected chi connectivity index (χ0v) is 31.7. The molecule has 1 saturated heterocycles. The van der Waals surface area contributed by atoms with Crippen LogP contribution in [-0.2, 0) is 22.5 Å². The number of amides is 2. The number of hydrogen-bond acceptors (Lipinski definition) is 5. The average molecular weight is 739 g/mol. The van der Waals surface area contributed by atoms with Crippen LogP contribution in [0.2, 0.25) is 0 Å². The molecule has 0 spiro atoms. The highest BCUT2D eigenvalue weighted by molar-refractivity contribution is 6.68. The number of aryl methyl sites for hydroxylation is 2. The molecule has 2 heterocycles. The Kier molecular flexibility index (Phi) is 10.8. The maximum Gasteiger partial charge on any atom is 0.411 e. The van der Waals surface area contributed by atoms with Gasteiger partial charge in [0.15, 0.2) is 5.60 Å². The predicted octanol–water partition coefficient (Wildman–Crippen LogP) is 8.51. The third-order valence-electron chi connectivity index (χ3n) is 10.3. The SMILES string of the molecule is Cc1ccc(C)c(OCCc2ccc(C3=C(C(=O)N(Cc4ccccc4)C4CC4)C4CNCC(C3)N4C(=O)OC(C)(C)C(Cl)(Cl)Cl)cc2)c1C. The van der Waals surface area contributed by atoms with Crippen LogP contribution in [0.5, 0.6) is 5.75 Å². The molecule has 2 unspecified atom stereocenters. The van der Waals surface area contributed by atoms with E-state index in [-0.39, 0.29) is 18.0 Å². The van der Waals surface area contributed by atoms with E-state index in [0.717, 1.165) is 52.8 Å². The van der Waals surface area contributed by atoms with Crippen LogP contribution >= 0.6 is 34.8 Å². The standard InChI is InChI=1S/C40H46Cl3N3O4/c1-25-11-12-26(2)36(27(25)3)49-20-19-28-13-15-30(16-14-28)33-21-32-22-44-23-34(46(32)38(48)50-39(4,5)40(41,42)43)35(33)37(47)45(31-17-18-31)24-29-9-7-6-8-10-29/h6-16,31-32,34,44H,17-24H2,1-5H3. The number of fused-ring (bicyclic) bond motifs is 2. The molecule has 2 bridgehead atoms. The van der Waals surface area contributed by atoms with Gasteiger partial charge in [-0.15, -0.1) is 0 Å². The number of nitrogens with zero attached hydrogens (tertiary/aromatic N) is 2. The summed E-state index contributed by atoms with van der Waals surface area (Å²) in [6.07, 6.45) is 2.53. The molecule has 6 rings (SSSR count). The van der Waals surface area contributed by atoms with E-state index < -0.39 is 21.5 Å². The van der Waals surface area contributed by atoms with E-state index in [9.17, 15) is 9.59 Å². The first-order valence-corrected chi connectivity index (χ1v) is 18.5. The van der Waals surface area contributed by atoms with Gasteiger partial charge in [-0.25, -0.2) is 4.79 Å². The summed E-state index contributed by atoms with van der Waals surface area (Å²) in [5.74, 6) is 0.895. The van der Waals surface area contributed by atoms with Crippen molar-refractivity contribution >= 4 is 52.4 Å². The Morgan fingerprint density at radius 1 is 0.900 bits per heavy atom. The molecule has 7 nitrogen and oxygen atoms in total. The van der Waals surface area contributed by atoms with Gasteiger partial charge < -0.3 is 19.7 Å². The Morgan fingerprint density at radius 2 is 1.58 bits per heavy atom. The molecule has 2 amide bonds. The fourth-order valence-corrected chi connectivity index (χ4v) is 7.04. The molecule has 1 aliphatic carbocycles. The number of carbonyl (C=O) groups is 2. The van der Waals surface area contributed by atoms with Gasteiger partial charge in [-0.2, -0.15) is 0 Å². The quantitative estimate of drug-likeness (QED) is 0.211. The zero-order chi connectivity index (χ0) is 35.8. The number of carbonyl (C=O) groups excluding carboxylic acids is 2. The summed E-state index contributed by atoms with van der Waals surface area (Å²) in [6.45, 7) is 11.4. The Hall–Kier alpha value is -3.23. The Balaban J connectivity index is 1.32. The second-order valence-corrected chi connectivity index (χ2v) is 16.6. The van der Waals surface area contributed by atoms with Crippen molar-refractivity contribution in [2.45, 2.75) is 94.4 Å². The highest BCUT2D eigenvalue weighted by atomic mass is 35.6. The van der Waals surface area contributed by atoms with Crippen molar-refractivity contribution in [2.75, 3.05) is 19.7 Å². The molecule has 0 aromatic heterocycles. The topological polar surface area (TPSA) is 71.1 Å². The van der Waals surface area contributed by atoms with Crippen LogP contribution in [-0.4, -0.2) is 69.0 Å². The lowest BCUT2D eigenvalue weighted by molar-refractivity contribution is -0.129. The lowest BCUT2D eigenvalue weighted by Crippen LogP contribution is -2.64. The number of nitrogens with one attached hydrogen (secondary N) is 1. The average Bonchev–Trinajstić information content (AvgIpc) is 3.92. The van der Waals surface area contributed by atoms with E-state index in [4.69, 9.17) is 44.3 Å². The minimum absolute atomic E-state index is 0.0571. The van der Waals surface area contributed by atoms with Crippen LogP contribution in [0.25, 0.3) is 5.57 Å². The minimum atomic E-state index is -1.84. The minimum Gasteiger partial charge on any atom is -0.493 e. The fourth-order valence-electron chi connectivity index (χ4n) is 6.93. The molecule has 3 aliphatic rings. The van der Waals surface area contributed by atoms with Crippen LogP contribution in [0.4, 0.5) is 4.79 Å². The van der Waals surface area contributed by atoms with Gasteiger partial charge in [0, 0.05) is 37.7 Å². The summed E-state index contributed by atoms with van der Waals surface area (Å²) in [5.41, 5.74) is 6.88. The van der Waals surface area contributed by atoms with Gasteiger partial charge in [-0.1, -0.05) is 102 Å². The van der Waals surface area contributed by atoms with Gasteiger partial charge in [-0.3, -0.25) is 9.69 Å². The molecular formula is C40H46Cl3N3O4. The first-order valence-electron chi connectivity index (χ1n) is 17.4. The first kappa shape index (κ1) is 36.6. The summed E-state index contributed by atoms with van der Waals surface area (Å²) >= 11 is 18.6. The van der Waals surface area contributed by atoms with Crippen LogP contribution < -0.4 is 10.1 Å². The van der Waals surface area contributed by atoms with Crippen LogP contribution in [0, 0.1) is 20.8 Å². The monoisotopic (exact) mass is 737 g/mol. The van der Waals surface area contributed by atoms with E-state index >= 15 is 0 Å². The molecule has 2 atom stereocenters. The molecular weight excluding hydrogens is 693 g/mol. The van der Waals surface area contributed by atoms with Crippen LogP contribution in [0.1, 0.15) is 66.5 Å². The summed E-state index contributed by atoms with van der Waals surface area (Å²) < 4.78 is 10.3. The van der Waals surface area contributed by atoms with Gasteiger partial charge >= 0.3 is 6.09 Å². The summed E-state index contributed by atoms with van der Waals surface area (Å²) in [5, 5.41) is 3.47. The van der Waals surface area contributed by atoms with Gasteiger partial charge in [0.1, 0.15) is 5.75 Å². The first-order chi connectivity index (χ1) is 23.7. The molecule has 1 N–H and O–H groups in total. The molecule has 2 aliphatic heterocycles. The molecule has 1 saturated carbocycles. The van der Waals surface area contributed by atoms with E-state index in [1.54, 1.807) is 18.7 Å². The molecule has 0 radical (unpaired) electrons. The number of benzene rings is 3. The molecule has 3 aromatic carbocycles. The Labute approximate surface area is 310 Å². The molecule has 3 aromatic rings. The van der Waals surface area contributed by atoms with Gasteiger partial charge in [0.25, 0.3) is 5.91 Å². The number of alkyl halides is 3. The van der Waals surface area contributed by atoms with Crippen molar-refractivity contribution in [1.29, 1.82) is 0 Å². The normalized spacial score (nSPS) is 19.3. The van der Waals surface area contributed by atoms with Crippen molar-refractivity contribution in [3.63, 3.8) is 0 Å². The van der Waals surface area contributed by atoms with E-state index in [0.29, 0.717) is 38.2 Å². The third-order valence-corrected chi connectivity index (χ3v) is 11.6. The maximum atomic E-state index is 14.9. The second-order valence-electron chi connectivity index (χ2n) is 14.3. The summed E-state index contributed by atoms with van der Waals surface area (Å²) in [6, 6.07) is 22.0. The van der Waals surface area contributed by atoms with Crippen molar-refractivity contribution in [3.05, 3.63) is 106 Å². The molecule has 2 fully saturated rings. The third kappa shape index (κ3) is 7.81. The second kappa shape index (κ2) is 14.8. The largest absolute Gasteiger partial charge is 0.493 e. The number of piperazine rings is 1. The molecule has 10 heteroatoms. The lowest BCUT2D eigenvalue weighted by Gasteiger charge is -2.48. The molecule has 50 heavy (non-hydrogen) atoms. The van der Waals surface area contributed by atoms with E-state index in [2.05, 4.69) is 62.5 Å². The Morgan fingerprint density at radius 3 is 2.24 bits per heavy atom. The van der Waals surface area contributed by atoms with Crippen molar-refractivity contribution in [2.24, 2.45) is 0 Å². The van der Waals surface area contributed by atoms with E-state index in [1.807, 2.05) is 35.2 Å². The fraction of sp³-hybridized carbons (Fsp3) is 0.450. The number of hydrogen-bond donors (Lipinski definition) is 1. The smallest absolute Gasteiger partial charge is 0.411 e. The lowest BCUT2D eigenvalue weighted by atomic mass is 9.81. The van der Waals surface area contributed by atoms with Crippen molar-refractivity contribution in [1.82, 2.24) is 15.1 Å².